The molecule has 4 amide bonds. The zero-order valence-electron chi connectivity index (χ0n) is 28.0. The van der Waals surface area contributed by atoms with Crippen molar-refractivity contribution in [1.29, 1.82) is 0 Å². The first-order chi connectivity index (χ1) is 23.4. The molecule has 3 aliphatic rings. The maximum atomic E-state index is 13.6. The number of primary amides is 1. The van der Waals surface area contributed by atoms with Gasteiger partial charge >= 0.3 is 13.6 Å². The van der Waals surface area contributed by atoms with Gasteiger partial charge in [-0.1, -0.05) is 27.5 Å². The van der Waals surface area contributed by atoms with Crippen molar-refractivity contribution in [3.05, 3.63) is 60.7 Å². The Kier molecular flexibility index (Phi) is 13.3. The van der Waals surface area contributed by atoms with Gasteiger partial charge in [0.25, 0.3) is 0 Å². The number of nitrogens with zero attached hydrogens (tertiary/aromatic N) is 3. The summed E-state index contributed by atoms with van der Waals surface area (Å²) in [5, 5.41) is 3.49. The second-order valence-electron chi connectivity index (χ2n) is 13.0. The molecule has 0 spiro atoms. The van der Waals surface area contributed by atoms with Gasteiger partial charge in [-0.2, -0.15) is 0 Å². The normalized spacial score (nSPS) is 21.4. The van der Waals surface area contributed by atoms with Crippen LogP contribution in [-0.4, -0.2) is 84.2 Å². The van der Waals surface area contributed by atoms with Crippen molar-refractivity contribution in [3.8, 4) is 0 Å². The first-order valence-corrected chi connectivity index (χ1v) is 20.7. The number of aromatic nitrogens is 1. The van der Waals surface area contributed by atoms with Crippen LogP contribution < -0.4 is 11.1 Å². The van der Waals surface area contributed by atoms with Crippen LogP contribution in [0.5, 0.6) is 0 Å². The van der Waals surface area contributed by atoms with Gasteiger partial charge in [0.05, 0.1) is 25.1 Å². The topological polar surface area (TPSA) is 144 Å². The van der Waals surface area contributed by atoms with Crippen LogP contribution in [0.3, 0.4) is 0 Å². The van der Waals surface area contributed by atoms with E-state index >= 15 is 0 Å². The van der Waals surface area contributed by atoms with Gasteiger partial charge in [-0.15, -0.1) is 0 Å². The molecule has 268 valence electrons. The summed E-state index contributed by atoms with van der Waals surface area (Å²) >= 11 is 13.9. The largest absolute Gasteiger partial charge is 0.354 e. The number of rotatable bonds is 11. The highest BCUT2D eigenvalue weighted by atomic mass is 79.9. The zero-order valence-corrected chi connectivity index (χ0v) is 32.8. The van der Waals surface area contributed by atoms with Gasteiger partial charge in [0.1, 0.15) is 6.04 Å². The Balaban J connectivity index is 1.22. The fourth-order valence-electron chi connectivity index (χ4n) is 7.62. The van der Waals surface area contributed by atoms with E-state index in [2.05, 4.69) is 49.3 Å². The van der Waals surface area contributed by atoms with Crippen LogP contribution in [0.25, 0.3) is 0 Å². The molecule has 0 bridgehead atoms. The highest BCUT2D eigenvalue weighted by Crippen LogP contribution is 2.48. The van der Waals surface area contributed by atoms with Gasteiger partial charge in [-0.05, 0) is 115 Å². The van der Waals surface area contributed by atoms with Crippen molar-refractivity contribution in [2.24, 2.45) is 17.6 Å². The molecule has 0 saturated carbocycles. The smallest absolute Gasteiger partial charge is 0.332 e. The number of nitrogens with two attached hydrogens (primary N) is 1. The highest BCUT2D eigenvalue weighted by molar-refractivity contribution is 9.10. The van der Waals surface area contributed by atoms with Crippen molar-refractivity contribution in [1.82, 2.24) is 20.1 Å². The Morgan fingerprint density at radius 1 is 1.04 bits per heavy atom. The van der Waals surface area contributed by atoms with E-state index in [4.69, 9.17) is 31.4 Å². The molecule has 2 saturated heterocycles. The summed E-state index contributed by atoms with van der Waals surface area (Å²) in [6.45, 7) is 5.51. The van der Waals surface area contributed by atoms with E-state index < -0.39 is 25.6 Å². The number of aryl methyl sites for hydroxylation is 2. The number of nitrogens with one attached hydrogen (secondary N) is 1. The van der Waals surface area contributed by atoms with Crippen molar-refractivity contribution in [2.45, 2.75) is 70.8 Å². The Bertz CT molecular complexity index is 1580. The van der Waals surface area contributed by atoms with Gasteiger partial charge in [-0.25, -0.2) is 4.79 Å². The molecule has 1 aliphatic carbocycles. The SMILES string of the molecule is CCOP(=O)(CCNC(=O)C1CC(CC(=O)N2CCC([C@H]3c4ncc(Br)cc4CCc4cc(Cl)cc(Br)c43)CC2)CCN1C(N)=O)OCC. The minimum atomic E-state index is -3.33. The number of carbonyl (C=O) groups is 3. The predicted molar refractivity (Wildman–Crippen MR) is 196 cm³/mol. The third-order valence-electron chi connectivity index (χ3n) is 9.88. The molecule has 1 aromatic carbocycles. The van der Waals surface area contributed by atoms with E-state index in [1.807, 2.05) is 17.2 Å². The van der Waals surface area contributed by atoms with E-state index in [0.717, 1.165) is 40.3 Å². The Morgan fingerprint density at radius 3 is 2.41 bits per heavy atom. The number of carbonyl (C=O) groups excluding carboxylic acids is 3. The summed E-state index contributed by atoms with van der Waals surface area (Å²) in [7, 11) is -3.33. The molecular weight excluding hydrogens is 801 g/mol. The first-order valence-electron chi connectivity index (χ1n) is 17.0. The predicted octanol–water partition coefficient (Wildman–Crippen LogP) is 6.66. The van der Waals surface area contributed by atoms with Gasteiger partial charge in [-0.3, -0.25) is 19.1 Å². The maximum absolute atomic E-state index is 13.6. The van der Waals surface area contributed by atoms with E-state index in [-0.39, 0.29) is 50.2 Å². The summed E-state index contributed by atoms with van der Waals surface area (Å²) < 4.78 is 25.4. The lowest BCUT2D eigenvalue weighted by Crippen LogP contribution is -2.55. The van der Waals surface area contributed by atoms with Gasteiger partial charge < -0.3 is 29.9 Å². The van der Waals surface area contributed by atoms with E-state index in [1.54, 1.807) is 13.8 Å². The molecular formula is C34H45Br2ClN5O6P. The number of benzene rings is 1. The molecule has 11 nitrogen and oxygen atoms in total. The van der Waals surface area contributed by atoms with E-state index in [9.17, 15) is 18.9 Å². The minimum absolute atomic E-state index is 0.0118. The Morgan fingerprint density at radius 2 is 1.73 bits per heavy atom. The molecule has 2 aliphatic heterocycles. The molecule has 2 aromatic rings. The molecule has 1 aromatic heterocycles. The fourth-order valence-corrected chi connectivity index (χ4v) is 10.6. The molecule has 3 heterocycles. The highest BCUT2D eigenvalue weighted by Gasteiger charge is 2.39. The summed E-state index contributed by atoms with van der Waals surface area (Å²) in [6, 6.07) is 4.72. The lowest BCUT2D eigenvalue weighted by molar-refractivity contribution is -0.135. The molecule has 3 atom stereocenters. The Hall–Kier alpha value is -2.02. The van der Waals surface area contributed by atoms with Crippen molar-refractivity contribution in [3.63, 3.8) is 0 Å². The van der Waals surface area contributed by atoms with Crippen molar-refractivity contribution < 1.29 is 28.0 Å². The molecule has 15 heteroatoms. The lowest BCUT2D eigenvalue weighted by atomic mass is 9.76. The van der Waals surface area contributed by atoms with Crippen molar-refractivity contribution >= 4 is 68.9 Å². The second-order valence-corrected chi connectivity index (χ2v) is 17.3. The molecule has 5 rings (SSSR count). The third-order valence-corrected chi connectivity index (χ3v) is 13.3. The number of pyridine rings is 1. The van der Waals surface area contributed by atoms with Crippen LogP contribution in [-0.2, 0) is 36.0 Å². The monoisotopic (exact) mass is 843 g/mol. The average Bonchev–Trinajstić information content (AvgIpc) is 3.21. The average molecular weight is 846 g/mol. The fraction of sp³-hybridized carbons (Fsp3) is 0.588. The standard InChI is InChI=1S/C34H45Br2ClN5O6P/c1-3-47-49(46,48-4-2)14-10-39-33(44)28-15-21(7-13-42(28)34(38)45)16-29(43)41-11-8-22(9-12-41)31-30-23(18-26(37)19-27(30)36)5-6-24-17-25(35)20-40-32(24)31/h17-22,28,31H,3-16H2,1-2H3,(H2,38,45)(H,39,44)/t21?,28?,31-/m1/s1. The number of likely N-dealkylation sites (tertiary alicyclic amines) is 2. The summed E-state index contributed by atoms with van der Waals surface area (Å²) in [5.41, 5.74) is 10.4. The van der Waals surface area contributed by atoms with Crippen LogP contribution >= 0.6 is 51.1 Å². The minimum Gasteiger partial charge on any atom is -0.354 e. The van der Waals surface area contributed by atoms with E-state index in [1.165, 1.54) is 21.6 Å². The number of hydrogen-bond donors (Lipinski definition) is 2. The van der Waals surface area contributed by atoms with Crippen LogP contribution in [0.1, 0.15) is 74.3 Å². The number of hydrogen-bond acceptors (Lipinski definition) is 7. The number of urea groups is 1. The lowest BCUT2D eigenvalue weighted by Gasteiger charge is -2.39. The number of halogens is 3. The second kappa shape index (κ2) is 17.0. The first kappa shape index (κ1) is 38.2. The molecule has 3 N–H and O–H groups in total. The van der Waals surface area contributed by atoms with Crippen LogP contribution in [0.4, 0.5) is 4.79 Å². The van der Waals surface area contributed by atoms with Crippen LogP contribution in [0.2, 0.25) is 5.02 Å². The van der Waals surface area contributed by atoms with Gasteiger partial charge in [0.15, 0.2) is 0 Å². The number of fused-ring (bicyclic) bond motifs is 2. The van der Waals surface area contributed by atoms with Gasteiger partial charge in [0.2, 0.25) is 11.8 Å². The summed E-state index contributed by atoms with van der Waals surface area (Å²) in [4.78, 5) is 47.4. The van der Waals surface area contributed by atoms with E-state index in [0.29, 0.717) is 43.3 Å². The van der Waals surface area contributed by atoms with Crippen LogP contribution in [0.15, 0.2) is 33.3 Å². The summed E-state index contributed by atoms with van der Waals surface area (Å²) in [6.07, 6.45) is 6.49. The van der Waals surface area contributed by atoms with Gasteiger partial charge in [0, 0.05) is 58.7 Å². The number of piperidine rings is 2. The molecule has 49 heavy (non-hydrogen) atoms. The zero-order chi connectivity index (χ0) is 35.3. The quantitative estimate of drug-likeness (QED) is 0.241. The number of amides is 4. The maximum Gasteiger partial charge on any atom is 0.332 e. The molecule has 2 fully saturated rings. The third kappa shape index (κ3) is 9.26. The summed E-state index contributed by atoms with van der Waals surface area (Å²) in [5.74, 6) is -0.0515. The van der Waals surface area contributed by atoms with Crippen molar-refractivity contribution in [2.75, 3.05) is 45.6 Å². The van der Waals surface area contributed by atoms with Crippen LogP contribution in [0, 0.1) is 11.8 Å². The molecule has 0 radical (unpaired) electrons. The molecule has 2 unspecified atom stereocenters. The Labute approximate surface area is 310 Å².